The third kappa shape index (κ3) is 6.03. The van der Waals surface area contributed by atoms with Gasteiger partial charge in [-0.3, -0.25) is 4.79 Å². The van der Waals surface area contributed by atoms with Crippen LogP contribution in [-0.4, -0.2) is 41.0 Å². The monoisotopic (exact) mass is 525 g/mol. The van der Waals surface area contributed by atoms with E-state index in [1.807, 2.05) is 11.5 Å². The van der Waals surface area contributed by atoms with Crippen LogP contribution in [-0.2, 0) is 28.4 Å². The molecule has 4 rings (SSSR count). The Morgan fingerprint density at radius 3 is 2.44 bits per heavy atom. The molecule has 36 heavy (non-hydrogen) atoms. The second kappa shape index (κ2) is 11.5. The number of benzene rings is 1. The van der Waals surface area contributed by atoms with E-state index >= 15 is 0 Å². The van der Waals surface area contributed by atoms with Gasteiger partial charge < -0.3 is 14.6 Å². The molecule has 1 amide bonds. The Morgan fingerprint density at radius 2 is 1.81 bits per heavy atom. The van der Waals surface area contributed by atoms with Gasteiger partial charge in [-0.25, -0.2) is 8.93 Å². The summed E-state index contributed by atoms with van der Waals surface area (Å²) < 4.78 is 63.8. The molecule has 6 nitrogen and oxygen atoms in total. The maximum Gasteiger partial charge on any atom is 0.417 e. The van der Waals surface area contributed by atoms with Crippen molar-refractivity contribution in [3.8, 4) is 11.3 Å². The van der Waals surface area contributed by atoms with Gasteiger partial charge in [0.05, 0.1) is 16.0 Å². The summed E-state index contributed by atoms with van der Waals surface area (Å²) in [7, 11) is -0.633. The second-order valence-corrected chi connectivity index (χ2v) is 11.1. The van der Waals surface area contributed by atoms with Crippen molar-refractivity contribution in [2.24, 2.45) is 5.92 Å². The lowest BCUT2D eigenvalue weighted by molar-refractivity contribution is -0.139. The highest BCUT2D eigenvalue weighted by Gasteiger charge is 2.36. The molecule has 1 saturated carbocycles. The van der Waals surface area contributed by atoms with Crippen molar-refractivity contribution in [3.63, 3.8) is 0 Å². The molecule has 1 aliphatic heterocycles. The predicted octanol–water partition coefficient (Wildman–Crippen LogP) is 5.21. The number of halogens is 3. The van der Waals surface area contributed by atoms with Gasteiger partial charge in [0.2, 0.25) is 0 Å². The highest BCUT2D eigenvalue weighted by Crippen LogP contribution is 2.38. The number of carbonyl (C=O) groups is 1. The Hall–Kier alpha value is -2.17. The molecule has 1 atom stereocenters. The summed E-state index contributed by atoms with van der Waals surface area (Å²) in [5, 5.41) is 3.08. The van der Waals surface area contributed by atoms with Crippen LogP contribution in [0.4, 0.5) is 13.2 Å². The number of amides is 1. The molecule has 2 aromatic rings. The van der Waals surface area contributed by atoms with Crippen molar-refractivity contribution in [3.05, 3.63) is 41.1 Å². The molecule has 10 heteroatoms. The summed E-state index contributed by atoms with van der Waals surface area (Å²) in [5.41, 5.74) is 1.20. The van der Waals surface area contributed by atoms with Gasteiger partial charge in [0.15, 0.2) is 0 Å². The molecule has 1 saturated heterocycles. The van der Waals surface area contributed by atoms with Crippen molar-refractivity contribution in [1.29, 1.82) is 0 Å². The smallest absolute Gasteiger partial charge is 0.381 e. The largest absolute Gasteiger partial charge is 0.417 e. The maximum absolute atomic E-state index is 13.9. The molecular formula is C26H34F3N3O3S. The first-order valence-electron chi connectivity index (χ1n) is 12.6. The molecule has 2 N–H and O–H groups in total. The number of nitrogens with one attached hydrogen (secondary N) is 2. The first-order valence-corrected chi connectivity index (χ1v) is 13.7. The number of hydrogen-bond acceptors (Lipinski definition) is 3. The minimum absolute atomic E-state index is 0.0171. The number of ether oxygens (including phenoxy) is 1. The fraction of sp³-hybridized carbons (Fsp3) is 0.577. The first-order chi connectivity index (χ1) is 17.2. The molecule has 0 bridgehead atoms. The van der Waals surface area contributed by atoms with Crippen LogP contribution in [0.1, 0.15) is 66.6 Å². The number of alkyl halides is 3. The van der Waals surface area contributed by atoms with Crippen LogP contribution in [0, 0.1) is 12.8 Å². The molecule has 0 spiro atoms. The number of hydrogen-bond donors (Lipinski definition) is 2. The fourth-order valence-electron chi connectivity index (χ4n) is 5.26. The Morgan fingerprint density at radius 1 is 1.11 bits per heavy atom. The third-order valence-corrected chi connectivity index (χ3v) is 8.43. The molecule has 1 aromatic carbocycles. The van der Waals surface area contributed by atoms with Gasteiger partial charge in [0, 0.05) is 37.2 Å². The first kappa shape index (κ1) is 26.9. The second-order valence-electron chi connectivity index (χ2n) is 9.68. The van der Waals surface area contributed by atoms with Gasteiger partial charge in [0.1, 0.15) is 11.0 Å². The standard InChI is InChI=1S/C26H34F3N3O3S/c1-17-21(25(33)31-20-10-12-35-13-11-20)15-23(32(17)16-18-6-4-3-5-7-18)19-8-9-24(36(34)30-2)22(14-19)26(27,28)29/h8-9,14-15,18,20,30H,3-7,10-13,16H2,1-2H3,(H,31,33). The highest BCUT2D eigenvalue weighted by molar-refractivity contribution is 7.83. The number of nitrogens with zero attached hydrogens (tertiary/aromatic N) is 1. The summed E-state index contributed by atoms with van der Waals surface area (Å²) in [4.78, 5) is 12.9. The summed E-state index contributed by atoms with van der Waals surface area (Å²) in [6, 6.07) is 5.60. The topological polar surface area (TPSA) is 72.4 Å². The lowest BCUT2D eigenvalue weighted by atomic mass is 9.89. The minimum atomic E-state index is -4.67. The molecule has 1 aromatic heterocycles. The lowest BCUT2D eigenvalue weighted by Gasteiger charge is -2.25. The van der Waals surface area contributed by atoms with Gasteiger partial charge in [-0.2, -0.15) is 13.2 Å². The van der Waals surface area contributed by atoms with Crippen LogP contribution < -0.4 is 10.0 Å². The van der Waals surface area contributed by atoms with E-state index in [1.54, 1.807) is 12.1 Å². The van der Waals surface area contributed by atoms with E-state index < -0.39 is 22.7 Å². The van der Waals surface area contributed by atoms with Gasteiger partial charge in [0.25, 0.3) is 5.91 Å². The van der Waals surface area contributed by atoms with Crippen LogP contribution >= 0.6 is 0 Å². The Kier molecular flexibility index (Phi) is 8.57. The number of carbonyl (C=O) groups excluding carboxylic acids is 1. The Bertz CT molecular complexity index is 1100. The maximum atomic E-state index is 13.9. The van der Waals surface area contributed by atoms with Crippen molar-refractivity contribution >= 4 is 16.9 Å². The summed E-state index contributed by atoms with van der Waals surface area (Å²) in [6.45, 7) is 3.70. The van der Waals surface area contributed by atoms with Crippen LogP contribution in [0.25, 0.3) is 11.3 Å². The van der Waals surface area contributed by atoms with E-state index in [0.29, 0.717) is 42.5 Å². The van der Waals surface area contributed by atoms with Crippen LogP contribution in [0.15, 0.2) is 29.2 Å². The van der Waals surface area contributed by atoms with Crippen molar-refractivity contribution in [1.82, 2.24) is 14.6 Å². The molecule has 2 heterocycles. The minimum Gasteiger partial charge on any atom is -0.381 e. The van der Waals surface area contributed by atoms with Crippen LogP contribution in [0.5, 0.6) is 0 Å². The molecule has 198 valence electrons. The van der Waals surface area contributed by atoms with E-state index in [-0.39, 0.29) is 16.8 Å². The normalized spacial score (nSPS) is 18.8. The van der Waals surface area contributed by atoms with Gasteiger partial charge >= 0.3 is 6.18 Å². The van der Waals surface area contributed by atoms with Crippen LogP contribution in [0.2, 0.25) is 0 Å². The van der Waals surface area contributed by atoms with E-state index in [0.717, 1.165) is 50.3 Å². The fourth-order valence-corrected chi connectivity index (χ4v) is 6.05. The average molecular weight is 526 g/mol. The molecule has 1 unspecified atom stereocenters. The molecule has 0 radical (unpaired) electrons. The summed E-state index contributed by atoms with van der Waals surface area (Å²) in [5.74, 6) is 0.195. The molecular weight excluding hydrogens is 491 g/mol. The predicted molar refractivity (Wildman–Crippen MR) is 133 cm³/mol. The quantitative estimate of drug-likeness (QED) is 0.521. The third-order valence-electron chi connectivity index (χ3n) is 7.30. The van der Waals surface area contributed by atoms with Crippen molar-refractivity contribution in [2.75, 3.05) is 20.3 Å². The summed E-state index contributed by atoms with van der Waals surface area (Å²) in [6.07, 6.45) is 2.41. The lowest BCUT2D eigenvalue weighted by Crippen LogP contribution is -2.39. The number of rotatable bonds is 7. The zero-order valence-corrected chi connectivity index (χ0v) is 21.6. The van der Waals surface area contributed by atoms with Crippen molar-refractivity contribution in [2.45, 2.75) is 75.5 Å². The van der Waals surface area contributed by atoms with Gasteiger partial charge in [-0.1, -0.05) is 25.3 Å². The zero-order chi connectivity index (χ0) is 25.9. The molecule has 2 aliphatic rings. The highest BCUT2D eigenvalue weighted by atomic mass is 32.2. The van der Waals surface area contributed by atoms with E-state index in [9.17, 15) is 22.2 Å². The van der Waals surface area contributed by atoms with E-state index in [1.165, 1.54) is 19.5 Å². The average Bonchev–Trinajstić information content (AvgIpc) is 3.20. The summed E-state index contributed by atoms with van der Waals surface area (Å²) >= 11 is 0. The van der Waals surface area contributed by atoms with Gasteiger partial charge in [-0.05, 0) is 69.3 Å². The van der Waals surface area contributed by atoms with Gasteiger partial charge in [-0.15, -0.1) is 0 Å². The number of aromatic nitrogens is 1. The molecule has 2 fully saturated rings. The van der Waals surface area contributed by atoms with E-state index in [2.05, 4.69) is 10.0 Å². The zero-order valence-electron chi connectivity index (χ0n) is 20.7. The Balaban J connectivity index is 1.75. The van der Waals surface area contributed by atoms with Crippen molar-refractivity contribution < 1.29 is 26.9 Å². The van der Waals surface area contributed by atoms with Crippen LogP contribution in [0.3, 0.4) is 0 Å². The molecule has 1 aliphatic carbocycles. The van der Waals surface area contributed by atoms with E-state index in [4.69, 9.17) is 4.74 Å². The Labute approximate surface area is 212 Å². The SMILES string of the molecule is CNS(=O)c1ccc(-c2cc(C(=O)NC3CCOCC3)c(C)n2CC2CCCCC2)cc1C(F)(F)F.